The summed E-state index contributed by atoms with van der Waals surface area (Å²) in [6, 6.07) is 0. The maximum atomic E-state index is 12.1. The molecule has 1 aromatic heterocycles. The van der Waals surface area contributed by atoms with Gasteiger partial charge >= 0.3 is 5.97 Å². The summed E-state index contributed by atoms with van der Waals surface area (Å²) < 4.78 is 0. The van der Waals surface area contributed by atoms with Crippen LogP contribution in [0.2, 0.25) is 0 Å². The molecule has 0 unspecified atom stereocenters. The van der Waals surface area contributed by atoms with Gasteiger partial charge in [0.05, 0.1) is 12.2 Å². The number of carboxylic acid groups (broad SMARTS) is 1. The maximum absolute atomic E-state index is 12.1. The highest BCUT2D eigenvalue weighted by molar-refractivity contribution is 6.04. The Hall–Kier alpha value is -2.18. The van der Waals surface area contributed by atoms with E-state index < -0.39 is 5.97 Å². The molecule has 0 amide bonds. The van der Waals surface area contributed by atoms with Crippen molar-refractivity contribution in [2.75, 3.05) is 0 Å². The third kappa shape index (κ3) is 5.33. The third-order valence-corrected chi connectivity index (χ3v) is 2.62. The smallest absolute Gasteiger partial charge is 0.303 e. The van der Waals surface area contributed by atoms with Gasteiger partial charge in [-0.05, 0) is 19.3 Å². The molecule has 1 aromatic rings. The molecule has 0 atom stereocenters. The molecule has 0 fully saturated rings. The molecule has 0 aliphatic heterocycles. The predicted octanol–water partition coefficient (Wildman–Crippen LogP) is 1.14. The van der Waals surface area contributed by atoms with Gasteiger partial charge in [-0.25, -0.2) is 4.98 Å². The highest BCUT2D eigenvalue weighted by Crippen LogP contribution is 2.21. The number of hydrogen-bond donors (Lipinski definition) is 4. The first kappa shape index (κ1) is 14.9. The summed E-state index contributed by atoms with van der Waals surface area (Å²) in [6.07, 6.45) is 4.33. The molecule has 1 rings (SSSR count). The zero-order chi connectivity index (χ0) is 14.3. The van der Waals surface area contributed by atoms with E-state index in [9.17, 15) is 9.59 Å². The molecule has 1 heterocycles. The van der Waals surface area contributed by atoms with Gasteiger partial charge in [0.1, 0.15) is 5.69 Å². The van der Waals surface area contributed by atoms with Gasteiger partial charge in [0, 0.05) is 25.0 Å². The van der Waals surface area contributed by atoms with Crippen LogP contribution in [0.3, 0.4) is 0 Å². The van der Waals surface area contributed by atoms with Crippen LogP contribution in [-0.4, -0.2) is 32.7 Å². The summed E-state index contributed by atoms with van der Waals surface area (Å²) in [7, 11) is 0. The lowest BCUT2D eigenvalue weighted by molar-refractivity contribution is -0.137. The number of imidazole rings is 1. The average Bonchev–Trinajstić information content (AvgIpc) is 2.85. The molecule has 5 N–H and O–H groups in total. The minimum atomic E-state index is -0.891. The van der Waals surface area contributed by atoms with Crippen molar-refractivity contribution in [2.24, 2.45) is 5.73 Å². The second kappa shape index (κ2) is 7.30. The molecule has 0 saturated carbocycles. The van der Waals surface area contributed by atoms with Gasteiger partial charge in [-0.15, -0.1) is 0 Å². The standard InChI is InChI=1S/C12H17N4O3/c13-10(14)5-4-8(2-1-3-11(17)18)12(19)9-6-15-7-16-9/h6-7H,1-5H2,(H3,13,14)(H,15,16)(H,17,18). The molecule has 1 radical (unpaired) electrons. The molecule has 7 nitrogen and oxygen atoms in total. The van der Waals surface area contributed by atoms with Crippen molar-refractivity contribution in [3.63, 3.8) is 0 Å². The summed E-state index contributed by atoms with van der Waals surface area (Å²) in [5.74, 6) is -0.542. The lowest BCUT2D eigenvalue weighted by Gasteiger charge is -2.12. The largest absolute Gasteiger partial charge is 0.481 e. The number of aromatic amines is 1. The number of nitrogens with one attached hydrogen (secondary N) is 2. The minimum absolute atomic E-state index is 0.00515. The number of H-pyrrole nitrogens is 1. The van der Waals surface area contributed by atoms with Gasteiger partial charge in [0.2, 0.25) is 0 Å². The topological polar surface area (TPSA) is 133 Å². The Morgan fingerprint density at radius 3 is 2.58 bits per heavy atom. The van der Waals surface area contributed by atoms with E-state index in [1.54, 1.807) is 0 Å². The number of Topliss-reactive ketones (excluding diaryl/α,β-unsaturated/α-hetero) is 1. The Morgan fingerprint density at radius 2 is 2.05 bits per heavy atom. The lowest BCUT2D eigenvalue weighted by Crippen LogP contribution is -2.17. The van der Waals surface area contributed by atoms with Gasteiger partial charge < -0.3 is 15.8 Å². The van der Waals surface area contributed by atoms with E-state index in [4.69, 9.17) is 16.2 Å². The fraction of sp³-hybridized carbons (Fsp3) is 0.417. The molecular weight excluding hydrogens is 248 g/mol. The van der Waals surface area contributed by atoms with Crippen molar-refractivity contribution in [2.45, 2.75) is 32.1 Å². The lowest BCUT2D eigenvalue weighted by atomic mass is 9.91. The number of carbonyl (C=O) groups is 2. The van der Waals surface area contributed by atoms with Crippen LogP contribution in [-0.2, 0) is 4.79 Å². The van der Waals surface area contributed by atoms with Crippen LogP contribution < -0.4 is 5.73 Å². The summed E-state index contributed by atoms with van der Waals surface area (Å²) in [5, 5.41) is 15.8. The zero-order valence-electron chi connectivity index (χ0n) is 10.5. The number of amidine groups is 1. The number of carbonyl (C=O) groups excluding carboxylic acids is 1. The van der Waals surface area contributed by atoms with E-state index in [1.165, 1.54) is 12.5 Å². The molecule has 0 aromatic carbocycles. The fourth-order valence-corrected chi connectivity index (χ4v) is 1.66. The first-order valence-corrected chi connectivity index (χ1v) is 5.93. The van der Waals surface area contributed by atoms with Gasteiger partial charge in [0.25, 0.3) is 0 Å². The SMILES string of the molecule is N=C(N)CC[C](CCCC(=O)O)C(=O)c1c[nH]cn1. The first-order valence-electron chi connectivity index (χ1n) is 5.93. The van der Waals surface area contributed by atoms with Crippen LogP contribution in [0.4, 0.5) is 0 Å². The Kier molecular flexibility index (Phi) is 5.72. The second-order valence-corrected chi connectivity index (χ2v) is 4.16. The van der Waals surface area contributed by atoms with Crippen molar-refractivity contribution < 1.29 is 14.7 Å². The third-order valence-electron chi connectivity index (χ3n) is 2.62. The minimum Gasteiger partial charge on any atom is -0.481 e. The van der Waals surface area contributed by atoms with Crippen molar-refractivity contribution in [3.8, 4) is 0 Å². The number of nitrogens with zero attached hydrogens (tertiary/aromatic N) is 1. The van der Waals surface area contributed by atoms with E-state index in [0.717, 1.165) is 0 Å². The summed E-state index contributed by atoms with van der Waals surface area (Å²) in [4.78, 5) is 29.2. The van der Waals surface area contributed by atoms with E-state index in [1.807, 2.05) is 0 Å². The van der Waals surface area contributed by atoms with E-state index >= 15 is 0 Å². The number of nitrogens with two attached hydrogens (primary N) is 1. The number of aromatic nitrogens is 2. The van der Waals surface area contributed by atoms with Crippen molar-refractivity contribution in [1.29, 1.82) is 5.41 Å². The second-order valence-electron chi connectivity index (χ2n) is 4.16. The highest BCUT2D eigenvalue weighted by Gasteiger charge is 2.22. The monoisotopic (exact) mass is 265 g/mol. The normalized spacial score (nSPS) is 10.6. The van der Waals surface area contributed by atoms with Crippen LogP contribution in [0.25, 0.3) is 0 Å². The van der Waals surface area contributed by atoms with Crippen LogP contribution >= 0.6 is 0 Å². The van der Waals surface area contributed by atoms with Crippen molar-refractivity contribution in [3.05, 3.63) is 24.1 Å². The predicted molar refractivity (Wildman–Crippen MR) is 68.8 cm³/mol. The number of ketones is 1. The van der Waals surface area contributed by atoms with Gasteiger partial charge in [0.15, 0.2) is 5.78 Å². The quantitative estimate of drug-likeness (QED) is 0.302. The summed E-state index contributed by atoms with van der Waals surface area (Å²) >= 11 is 0. The Bertz CT molecular complexity index is 442. The molecule has 0 aliphatic carbocycles. The molecular formula is C12H17N4O3. The molecule has 103 valence electrons. The van der Waals surface area contributed by atoms with E-state index in [2.05, 4.69) is 9.97 Å². The summed E-state index contributed by atoms with van der Waals surface area (Å²) in [6.45, 7) is 0. The van der Waals surface area contributed by atoms with Crippen molar-refractivity contribution >= 4 is 17.6 Å². The molecule has 19 heavy (non-hydrogen) atoms. The highest BCUT2D eigenvalue weighted by atomic mass is 16.4. The van der Waals surface area contributed by atoms with Crippen LogP contribution in [0.15, 0.2) is 12.5 Å². The van der Waals surface area contributed by atoms with E-state index in [-0.39, 0.29) is 18.0 Å². The maximum Gasteiger partial charge on any atom is 0.303 e. The van der Waals surface area contributed by atoms with E-state index in [0.29, 0.717) is 37.3 Å². The number of carboxylic acids is 1. The van der Waals surface area contributed by atoms with Gasteiger partial charge in [-0.1, -0.05) is 0 Å². The molecule has 7 heteroatoms. The van der Waals surface area contributed by atoms with Crippen LogP contribution in [0.5, 0.6) is 0 Å². The first-order chi connectivity index (χ1) is 9.00. The van der Waals surface area contributed by atoms with Gasteiger partial charge in [-0.2, -0.15) is 0 Å². The Morgan fingerprint density at radius 1 is 1.32 bits per heavy atom. The fourth-order valence-electron chi connectivity index (χ4n) is 1.66. The van der Waals surface area contributed by atoms with Gasteiger partial charge in [-0.3, -0.25) is 15.0 Å². The molecule has 0 spiro atoms. The number of aliphatic carboxylic acids is 1. The molecule has 0 aliphatic rings. The number of rotatable bonds is 9. The zero-order valence-corrected chi connectivity index (χ0v) is 10.5. The van der Waals surface area contributed by atoms with Crippen molar-refractivity contribution in [1.82, 2.24) is 9.97 Å². The number of hydrogen-bond acceptors (Lipinski definition) is 4. The summed E-state index contributed by atoms with van der Waals surface area (Å²) in [5.41, 5.74) is 5.58. The molecule has 0 bridgehead atoms. The Labute approximate surface area is 110 Å². The Balaban J connectivity index is 2.60. The molecule has 0 saturated heterocycles. The van der Waals surface area contributed by atoms with Crippen LogP contribution in [0, 0.1) is 11.3 Å². The van der Waals surface area contributed by atoms with Crippen LogP contribution in [0.1, 0.15) is 42.6 Å². The average molecular weight is 265 g/mol.